The van der Waals surface area contributed by atoms with E-state index < -0.39 is 23.9 Å². The number of fused-ring (bicyclic) bond motifs is 1. The van der Waals surface area contributed by atoms with E-state index in [1.807, 2.05) is 6.92 Å². The van der Waals surface area contributed by atoms with Crippen LogP contribution in [0.4, 0.5) is 13.2 Å². The molecule has 5 nitrogen and oxygen atoms in total. The van der Waals surface area contributed by atoms with Crippen LogP contribution in [0.15, 0.2) is 24.3 Å². The fraction of sp³-hybridized carbons (Fsp3) is 0.438. The van der Waals surface area contributed by atoms with Crippen molar-refractivity contribution in [1.82, 2.24) is 10.0 Å². The van der Waals surface area contributed by atoms with Crippen LogP contribution in [0.1, 0.15) is 53.3 Å². The minimum absolute atomic E-state index is 0.00367. The molecule has 3 amide bonds. The molecule has 1 heterocycles. The Labute approximate surface area is 137 Å². The SMILES string of the molecule is CCCCCCN(C(=O)C(F)(F)F)N1C(=O)c2ccccc2C1=O. The van der Waals surface area contributed by atoms with Gasteiger partial charge in [-0.1, -0.05) is 38.3 Å². The van der Waals surface area contributed by atoms with Crippen LogP contribution in [0.25, 0.3) is 0 Å². The van der Waals surface area contributed by atoms with Gasteiger partial charge in [-0.3, -0.25) is 14.4 Å². The minimum atomic E-state index is -5.17. The zero-order valence-corrected chi connectivity index (χ0v) is 13.1. The second-order valence-corrected chi connectivity index (χ2v) is 5.45. The van der Waals surface area contributed by atoms with Crippen LogP contribution >= 0.6 is 0 Å². The van der Waals surface area contributed by atoms with E-state index >= 15 is 0 Å². The summed E-state index contributed by atoms with van der Waals surface area (Å²) in [5, 5.41) is 0.534. The molecule has 0 fully saturated rings. The first kappa shape index (κ1) is 18.0. The van der Waals surface area contributed by atoms with Gasteiger partial charge in [-0.2, -0.15) is 18.2 Å². The number of imide groups is 1. The van der Waals surface area contributed by atoms with Crippen LogP contribution in [0, 0.1) is 0 Å². The fourth-order valence-electron chi connectivity index (χ4n) is 2.52. The summed E-state index contributed by atoms with van der Waals surface area (Å²) in [5.74, 6) is -4.04. The number of amides is 3. The molecule has 0 atom stereocenters. The highest BCUT2D eigenvalue weighted by atomic mass is 19.4. The first-order chi connectivity index (χ1) is 11.3. The van der Waals surface area contributed by atoms with Gasteiger partial charge >= 0.3 is 12.1 Å². The third-order valence-electron chi connectivity index (χ3n) is 3.71. The molecule has 1 aliphatic heterocycles. The van der Waals surface area contributed by atoms with Crippen molar-refractivity contribution >= 4 is 17.7 Å². The summed E-state index contributed by atoms with van der Waals surface area (Å²) in [7, 11) is 0. The summed E-state index contributed by atoms with van der Waals surface area (Å²) in [6.07, 6.45) is -2.65. The Morgan fingerprint density at radius 3 is 2.04 bits per heavy atom. The average Bonchev–Trinajstić information content (AvgIpc) is 2.79. The van der Waals surface area contributed by atoms with Gasteiger partial charge < -0.3 is 0 Å². The smallest absolute Gasteiger partial charge is 0.267 e. The number of nitrogens with zero attached hydrogens (tertiary/aromatic N) is 2. The third kappa shape index (κ3) is 3.42. The molecule has 2 rings (SSSR count). The Balaban J connectivity index is 2.29. The van der Waals surface area contributed by atoms with Crippen LogP contribution in [0.5, 0.6) is 0 Å². The molecule has 1 aliphatic rings. The lowest BCUT2D eigenvalue weighted by atomic mass is 10.1. The number of carbonyl (C=O) groups is 3. The van der Waals surface area contributed by atoms with Gasteiger partial charge in [-0.05, 0) is 18.6 Å². The van der Waals surface area contributed by atoms with Gasteiger partial charge in [0.1, 0.15) is 0 Å². The number of halogens is 3. The monoisotopic (exact) mass is 342 g/mol. The Morgan fingerprint density at radius 2 is 1.58 bits per heavy atom. The van der Waals surface area contributed by atoms with Crippen molar-refractivity contribution in [2.24, 2.45) is 0 Å². The van der Waals surface area contributed by atoms with E-state index in [1.54, 1.807) is 0 Å². The van der Waals surface area contributed by atoms with Gasteiger partial charge in [0.25, 0.3) is 11.8 Å². The largest absolute Gasteiger partial charge is 0.473 e. The Morgan fingerprint density at radius 1 is 1.04 bits per heavy atom. The van der Waals surface area contributed by atoms with Crippen LogP contribution in [-0.4, -0.2) is 40.5 Å². The number of unbranched alkanes of at least 4 members (excludes halogenated alkanes) is 3. The van der Waals surface area contributed by atoms with E-state index in [0.717, 1.165) is 12.8 Å². The highest BCUT2D eigenvalue weighted by molar-refractivity contribution is 6.21. The van der Waals surface area contributed by atoms with Crippen LogP contribution in [0.3, 0.4) is 0 Å². The molecule has 130 valence electrons. The Bertz CT molecular complexity index is 623. The number of hydrogen-bond donors (Lipinski definition) is 0. The molecular formula is C16H17F3N2O3. The van der Waals surface area contributed by atoms with Gasteiger partial charge in [0.2, 0.25) is 0 Å². The molecule has 1 aromatic carbocycles. The van der Waals surface area contributed by atoms with Crippen molar-refractivity contribution in [3.63, 3.8) is 0 Å². The van der Waals surface area contributed by atoms with Gasteiger partial charge in [0.15, 0.2) is 0 Å². The molecule has 8 heteroatoms. The second-order valence-electron chi connectivity index (χ2n) is 5.45. The summed E-state index contributed by atoms with van der Waals surface area (Å²) in [6.45, 7) is 1.59. The summed E-state index contributed by atoms with van der Waals surface area (Å²) in [5.41, 5.74) is -0.00735. The predicted molar refractivity (Wildman–Crippen MR) is 78.9 cm³/mol. The molecule has 0 saturated carbocycles. The van der Waals surface area contributed by atoms with Gasteiger partial charge in [0, 0.05) is 6.54 Å². The zero-order chi connectivity index (χ0) is 17.9. The van der Waals surface area contributed by atoms with Gasteiger partial charge in [-0.25, -0.2) is 5.01 Å². The second kappa shape index (κ2) is 7.02. The molecular weight excluding hydrogens is 325 g/mol. The van der Waals surface area contributed by atoms with Crippen molar-refractivity contribution in [2.45, 2.75) is 38.8 Å². The van der Waals surface area contributed by atoms with E-state index in [1.165, 1.54) is 24.3 Å². The summed E-state index contributed by atoms with van der Waals surface area (Å²) in [4.78, 5) is 36.3. The van der Waals surface area contributed by atoms with Crippen LogP contribution < -0.4 is 0 Å². The van der Waals surface area contributed by atoms with E-state index in [4.69, 9.17) is 0 Å². The average molecular weight is 342 g/mol. The Kier molecular flexibility index (Phi) is 5.26. The standard InChI is InChI=1S/C16H17F3N2O3/c1-2-3-4-7-10-20(15(24)16(17,18)19)21-13(22)11-8-5-6-9-12(11)14(21)23/h5-6,8-9H,2-4,7,10H2,1H3. The molecule has 0 saturated heterocycles. The van der Waals surface area contributed by atoms with E-state index in [0.29, 0.717) is 11.4 Å². The maximum Gasteiger partial charge on any atom is 0.473 e. The quantitative estimate of drug-likeness (QED) is 0.589. The summed E-state index contributed by atoms with van der Waals surface area (Å²) >= 11 is 0. The molecule has 1 aromatic rings. The lowest BCUT2D eigenvalue weighted by Crippen LogP contribution is -2.54. The van der Waals surface area contributed by atoms with E-state index in [9.17, 15) is 27.6 Å². The predicted octanol–water partition coefficient (Wildman–Crippen LogP) is 3.17. The van der Waals surface area contributed by atoms with Crippen molar-refractivity contribution in [2.75, 3.05) is 6.54 Å². The van der Waals surface area contributed by atoms with Crippen LogP contribution in [-0.2, 0) is 4.79 Å². The van der Waals surface area contributed by atoms with Crippen molar-refractivity contribution < 1.29 is 27.6 Å². The van der Waals surface area contributed by atoms with Crippen LogP contribution in [0.2, 0.25) is 0 Å². The van der Waals surface area contributed by atoms with Crippen molar-refractivity contribution in [3.05, 3.63) is 35.4 Å². The summed E-state index contributed by atoms with van der Waals surface area (Å²) in [6, 6.07) is 5.71. The fourth-order valence-corrected chi connectivity index (χ4v) is 2.52. The minimum Gasteiger partial charge on any atom is -0.267 e. The number of alkyl halides is 3. The maximum atomic E-state index is 12.9. The molecule has 0 spiro atoms. The third-order valence-corrected chi connectivity index (χ3v) is 3.71. The molecule has 0 bridgehead atoms. The first-order valence-corrected chi connectivity index (χ1v) is 7.65. The molecule has 0 radical (unpaired) electrons. The van der Waals surface area contributed by atoms with Crippen molar-refractivity contribution in [1.29, 1.82) is 0 Å². The van der Waals surface area contributed by atoms with Crippen molar-refractivity contribution in [3.8, 4) is 0 Å². The lowest BCUT2D eigenvalue weighted by molar-refractivity contribution is -0.195. The topological polar surface area (TPSA) is 57.7 Å². The highest BCUT2D eigenvalue weighted by Crippen LogP contribution is 2.28. The molecule has 0 unspecified atom stereocenters. The highest BCUT2D eigenvalue weighted by Gasteiger charge is 2.49. The summed E-state index contributed by atoms with van der Waals surface area (Å²) < 4.78 is 38.6. The van der Waals surface area contributed by atoms with Gasteiger partial charge in [0.05, 0.1) is 11.1 Å². The maximum absolute atomic E-state index is 12.9. The lowest BCUT2D eigenvalue weighted by Gasteiger charge is -2.30. The number of benzene rings is 1. The van der Waals surface area contributed by atoms with E-state index in [2.05, 4.69) is 0 Å². The molecule has 0 N–H and O–H groups in total. The van der Waals surface area contributed by atoms with Gasteiger partial charge in [-0.15, -0.1) is 0 Å². The molecule has 0 aromatic heterocycles. The number of carbonyl (C=O) groups excluding carboxylic acids is 3. The number of hydrogen-bond acceptors (Lipinski definition) is 3. The molecule has 24 heavy (non-hydrogen) atoms. The zero-order valence-electron chi connectivity index (χ0n) is 13.1. The molecule has 0 aliphatic carbocycles. The first-order valence-electron chi connectivity index (χ1n) is 7.65. The number of hydrazine groups is 1. The van der Waals surface area contributed by atoms with E-state index in [-0.39, 0.29) is 29.1 Å². The Hall–Kier alpha value is -2.38. The number of rotatable bonds is 6. The normalized spacial score (nSPS) is 14.1.